The van der Waals surface area contributed by atoms with Gasteiger partial charge >= 0.3 is 5.69 Å². The fourth-order valence-electron chi connectivity index (χ4n) is 5.94. The van der Waals surface area contributed by atoms with Crippen molar-refractivity contribution >= 4 is 23.3 Å². The van der Waals surface area contributed by atoms with Crippen LogP contribution in [0, 0.1) is 0 Å². The quantitative estimate of drug-likeness (QED) is 0.207. The molecule has 0 atom stereocenters. The van der Waals surface area contributed by atoms with Crippen molar-refractivity contribution in [2.45, 2.75) is 45.3 Å². The molecule has 8 nitrogen and oxygen atoms in total. The molecule has 0 amide bonds. The summed E-state index contributed by atoms with van der Waals surface area (Å²) in [5, 5.41) is 0. The van der Waals surface area contributed by atoms with Crippen LogP contribution in [-0.4, -0.2) is 28.7 Å². The predicted molar refractivity (Wildman–Crippen MR) is 171 cm³/mol. The first-order valence-electron chi connectivity index (χ1n) is 14.7. The third-order valence-electron chi connectivity index (χ3n) is 7.79. The number of aromatic amines is 1. The summed E-state index contributed by atoms with van der Waals surface area (Å²) in [6.45, 7) is 4.79. The highest BCUT2D eigenvalue weighted by atomic mass is 16.2. The predicted octanol–water partition coefficient (Wildman–Crippen LogP) is 5.91. The van der Waals surface area contributed by atoms with Crippen LogP contribution < -0.4 is 11.2 Å². The standard InChI is InChI=1S/C35H34N6O2/c1-3-22-39-32-31(33(42)40(23-4-2)34(39)43)37-30(38-32)21-20-29-24-36-25-41(29)35(26-14-8-5-9-15-26,27-16-10-6-11-17-27)28-18-12-7-13-19-28/h5-21,24-25H,3-4,22-23H2,1-2H3,(H,37,38)/b21-20+. The molecule has 0 aliphatic heterocycles. The van der Waals surface area contributed by atoms with Gasteiger partial charge in [-0.05, 0) is 41.7 Å². The van der Waals surface area contributed by atoms with Crippen LogP contribution >= 0.6 is 0 Å². The molecular weight excluding hydrogens is 536 g/mol. The van der Waals surface area contributed by atoms with Crippen LogP contribution in [0.5, 0.6) is 0 Å². The Morgan fingerprint density at radius 1 is 0.744 bits per heavy atom. The summed E-state index contributed by atoms with van der Waals surface area (Å²) in [6.07, 6.45) is 8.89. The smallest absolute Gasteiger partial charge is 0.332 e. The van der Waals surface area contributed by atoms with Gasteiger partial charge in [0.05, 0.1) is 18.2 Å². The number of imidazole rings is 2. The summed E-state index contributed by atoms with van der Waals surface area (Å²) in [4.78, 5) is 38.9. The molecule has 216 valence electrons. The second kappa shape index (κ2) is 11.9. The first kappa shape index (κ1) is 27.9. The molecule has 43 heavy (non-hydrogen) atoms. The van der Waals surface area contributed by atoms with Crippen molar-refractivity contribution in [2.75, 3.05) is 0 Å². The Morgan fingerprint density at radius 3 is 1.81 bits per heavy atom. The largest absolute Gasteiger partial charge is 0.333 e. The minimum Gasteiger partial charge on any atom is -0.333 e. The van der Waals surface area contributed by atoms with E-state index in [-0.39, 0.29) is 11.2 Å². The Balaban J connectivity index is 1.54. The van der Waals surface area contributed by atoms with Crippen LogP contribution in [0.25, 0.3) is 23.3 Å². The number of hydrogen-bond acceptors (Lipinski definition) is 4. The minimum absolute atomic E-state index is 0.320. The molecule has 0 unspecified atom stereocenters. The number of aromatic nitrogens is 6. The monoisotopic (exact) mass is 570 g/mol. The second-order valence-corrected chi connectivity index (χ2v) is 10.5. The zero-order valence-corrected chi connectivity index (χ0v) is 24.4. The number of benzene rings is 3. The average molecular weight is 571 g/mol. The van der Waals surface area contributed by atoms with Gasteiger partial charge in [0.15, 0.2) is 5.65 Å². The molecular formula is C35H34N6O2. The van der Waals surface area contributed by atoms with Crippen molar-refractivity contribution in [3.05, 3.63) is 153 Å². The van der Waals surface area contributed by atoms with Crippen molar-refractivity contribution < 1.29 is 0 Å². The fraction of sp³-hybridized carbons (Fsp3) is 0.200. The van der Waals surface area contributed by atoms with Crippen molar-refractivity contribution in [2.24, 2.45) is 0 Å². The fourth-order valence-corrected chi connectivity index (χ4v) is 5.94. The number of nitrogens with zero attached hydrogens (tertiary/aromatic N) is 5. The van der Waals surface area contributed by atoms with Crippen molar-refractivity contribution in [1.82, 2.24) is 28.7 Å². The average Bonchev–Trinajstić information content (AvgIpc) is 3.70. The molecule has 6 aromatic rings. The number of hydrogen-bond donors (Lipinski definition) is 1. The van der Waals surface area contributed by atoms with Crippen LogP contribution in [-0.2, 0) is 18.6 Å². The maximum absolute atomic E-state index is 13.2. The topological polar surface area (TPSA) is 90.5 Å². The zero-order chi connectivity index (χ0) is 29.8. The Hall–Kier alpha value is -5.24. The Labute approximate surface area is 249 Å². The molecule has 6 rings (SSSR count). The molecule has 0 aliphatic rings. The van der Waals surface area contributed by atoms with Crippen LogP contribution in [0.1, 0.15) is 54.9 Å². The van der Waals surface area contributed by atoms with Crippen LogP contribution in [0.4, 0.5) is 0 Å². The van der Waals surface area contributed by atoms with Crippen molar-refractivity contribution in [3.8, 4) is 0 Å². The lowest BCUT2D eigenvalue weighted by molar-refractivity contribution is 0.511. The molecule has 0 fully saturated rings. The number of H-pyrrole nitrogens is 1. The van der Waals surface area contributed by atoms with Gasteiger partial charge in [-0.25, -0.2) is 14.8 Å². The summed E-state index contributed by atoms with van der Waals surface area (Å²) in [7, 11) is 0. The summed E-state index contributed by atoms with van der Waals surface area (Å²) >= 11 is 0. The van der Waals surface area contributed by atoms with Gasteiger partial charge in [-0.2, -0.15) is 0 Å². The summed E-state index contributed by atoms with van der Waals surface area (Å²) < 4.78 is 5.07. The van der Waals surface area contributed by atoms with E-state index in [0.717, 1.165) is 28.8 Å². The van der Waals surface area contributed by atoms with E-state index in [4.69, 9.17) is 4.98 Å². The van der Waals surface area contributed by atoms with E-state index in [1.54, 1.807) is 4.57 Å². The van der Waals surface area contributed by atoms with Crippen molar-refractivity contribution in [1.29, 1.82) is 0 Å². The van der Waals surface area contributed by atoms with Gasteiger partial charge in [-0.3, -0.25) is 13.9 Å². The van der Waals surface area contributed by atoms with E-state index in [1.807, 2.05) is 56.7 Å². The summed E-state index contributed by atoms with van der Waals surface area (Å²) in [5.41, 5.74) is 3.43. The molecule has 1 N–H and O–H groups in total. The highest BCUT2D eigenvalue weighted by Crippen LogP contribution is 2.41. The maximum Gasteiger partial charge on any atom is 0.332 e. The number of aryl methyl sites for hydroxylation is 1. The van der Waals surface area contributed by atoms with Gasteiger partial charge in [0, 0.05) is 13.1 Å². The van der Waals surface area contributed by atoms with E-state index in [1.165, 1.54) is 4.57 Å². The molecule has 0 bridgehead atoms. The highest BCUT2D eigenvalue weighted by Gasteiger charge is 2.39. The molecule has 0 saturated heterocycles. The molecule has 3 heterocycles. The lowest BCUT2D eigenvalue weighted by Gasteiger charge is -2.38. The molecule has 8 heteroatoms. The van der Waals surface area contributed by atoms with Gasteiger partial charge in [-0.15, -0.1) is 0 Å². The number of fused-ring (bicyclic) bond motifs is 1. The second-order valence-electron chi connectivity index (χ2n) is 10.5. The zero-order valence-electron chi connectivity index (χ0n) is 24.4. The Morgan fingerprint density at radius 2 is 1.28 bits per heavy atom. The maximum atomic E-state index is 13.2. The highest BCUT2D eigenvalue weighted by molar-refractivity contribution is 5.75. The van der Waals surface area contributed by atoms with Gasteiger partial charge in [-0.1, -0.05) is 105 Å². The molecule has 0 aliphatic carbocycles. The first-order chi connectivity index (χ1) is 21.1. The summed E-state index contributed by atoms with van der Waals surface area (Å²) in [6, 6.07) is 31.2. The van der Waals surface area contributed by atoms with E-state index in [2.05, 4.69) is 87.3 Å². The normalized spacial score (nSPS) is 12.0. The van der Waals surface area contributed by atoms with Crippen LogP contribution in [0.2, 0.25) is 0 Å². The molecule has 0 saturated carbocycles. The minimum atomic E-state index is -0.719. The van der Waals surface area contributed by atoms with Gasteiger partial charge in [0.1, 0.15) is 16.9 Å². The first-order valence-corrected chi connectivity index (χ1v) is 14.7. The lowest BCUT2D eigenvalue weighted by Crippen LogP contribution is -2.40. The third-order valence-corrected chi connectivity index (χ3v) is 7.79. The van der Waals surface area contributed by atoms with E-state index >= 15 is 0 Å². The van der Waals surface area contributed by atoms with Gasteiger partial charge < -0.3 is 9.55 Å². The van der Waals surface area contributed by atoms with Crippen LogP contribution in [0.15, 0.2) is 113 Å². The lowest BCUT2D eigenvalue weighted by atomic mass is 9.76. The Bertz CT molecular complexity index is 1890. The van der Waals surface area contributed by atoms with E-state index < -0.39 is 5.54 Å². The van der Waals surface area contributed by atoms with Crippen molar-refractivity contribution in [3.63, 3.8) is 0 Å². The van der Waals surface area contributed by atoms with E-state index in [0.29, 0.717) is 36.5 Å². The van der Waals surface area contributed by atoms with Gasteiger partial charge in [0.2, 0.25) is 0 Å². The van der Waals surface area contributed by atoms with E-state index in [9.17, 15) is 9.59 Å². The Kier molecular flexibility index (Phi) is 7.75. The summed E-state index contributed by atoms with van der Waals surface area (Å²) in [5.74, 6) is 0.489. The number of rotatable bonds is 10. The van der Waals surface area contributed by atoms with Crippen LogP contribution in [0.3, 0.4) is 0 Å². The molecule has 3 aromatic carbocycles. The molecule has 3 aromatic heterocycles. The third kappa shape index (κ3) is 4.84. The SMILES string of the molecule is CCCn1c(=O)c2[nH]c(/C=C/c3cncn3C(c3ccccc3)(c3ccccc3)c3ccccc3)nc2n(CCC)c1=O. The number of nitrogens with one attached hydrogen (secondary N) is 1. The van der Waals surface area contributed by atoms with Gasteiger partial charge in [0.25, 0.3) is 5.56 Å². The molecule has 0 spiro atoms. The molecule has 0 radical (unpaired) electrons.